The van der Waals surface area contributed by atoms with E-state index in [-0.39, 0.29) is 6.42 Å². The Bertz CT molecular complexity index is 605. The van der Waals surface area contributed by atoms with Crippen molar-refractivity contribution in [2.45, 2.75) is 65.7 Å². The number of hydrogen-bond donors (Lipinski definition) is 1. The first kappa shape index (κ1) is 23.8. The highest BCUT2D eigenvalue weighted by Gasteiger charge is 2.05. The zero-order chi connectivity index (χ0) is 20.6. The van der Waals surface area contributed by atoms with E-state index in [1.807, 2.05) is 12.1 Å². The maximum absolute atomic E-state index is 10.5. The molecule has 0 atom stereocenters. The topological polar surface area (TPSA) is 49.8 Å². The molecule has 0 aliphatic heterocycles. The lowest BCUT2D eigenvalue weighted by atomic mass is 10.1. The number of nitrogens with zero attached hydrogens (tertiary/aromatic N) is 1. The predicted molar refractivity (Wildman–Crippen MR) is 117 cm³/mol. The minimum absolute atomic E-state index is 0.248. The largest absolute Gasteiger partial charge is 0.492 e. The molecular weight excluding hydrogens is 350 g/mol. The van der Waals surface area contributed by atoms with Crippen LogP contribution in [0.2, 0.25) is 0 Å². The Morgan fingerprint density at radius 2 is 1.86 bits per heavy atom. The van der Waals surface area contributed by atoms with Crippen molar-refractivity contribution in [3.05, 3.63) is 53.8 Å². The van der Waals surface area contributed by atoms with Crippen molar-refractivity contribution in [1.82, 2.24) is 4.90 Å². The molecule has 0 heterocycles. The zero-order valence-corrected chi connectivity index (χ0v) is 17.8. The average Bonchev–Trinajstić information content (AvgIpc) is 2.69. The highest BCUT2D eigenvalue weighted by molar-refractivity contribution is 5.66. The molecule has 0 aliphatic rings. The van der Waals surface area contributed by atoms with Crippen LogP contribution in [0.1, 0.15) is 64.9 Å². The smallest absolute Gasteiger partial charge is 0.303 e. The molecule has 1 aromatic carbocycles. The van der Waals surface area contributed by atoms with E-state index in [9.17, 15) is 4.79 Å². The molecule has 1 aromatic rings. The van der Waals surface area contributed by atoms with Crippen molar-refractivity contribution < 1.29 is 14.6 Å². The van der Waals surface area contributed by atoms with Gasteiger partial charge in [-0.1, -0.05) is 44.6 Å². The molecule has 1 N–H and O–H groups in total. The van der Waals surface area contributed by atoms with Crippen molar-refractivity contribution in [3.8, 4) is 5.75 Å². The lowest BCUT2D eigenvalue weighted by Gasteiger charge is -2.25. The highest BCUT2D eigenvalue weighted by atomic mass is 16.5. The molecule has 0 fully saturated rings. The quantitative estimate of drug-likeness (QED) is 0.304. The van der Waals surface area contributed by atoms with Gasteiger partial charge in [-0.3, -0.25) is 4.79 Å². The molecule has 0 saturated heterocycles. The number of unbranched alkanes of at least 4 members (excludes halogenated alkanes) is 2. The summed E-state index contributed by atoms with van der Waals surface area (Å²) >= 11 is 0. The van der Waals surface area contributed by atoms with Crippen LogP contribution < -0.4 is 4.74 Å². The summed E-state index contributed by atoms with van der Waals surface area (Å²) in [5.74, 6) is 0.167. The van der Waals surface area contributed by atoms with Gasteiger partial charge < -0.3 is 14.7 Å². The van der Waals surface area contributed by atoms with E-state index in [1.165, 1.54) is 24.1 Å². The molecule has 28 heavy (non-hydrogen) atoms. The molecule has 4 nitrogen and oxygen atoms in total. The Hall–Kier alpha value is -2.23. The van der Waals surface area contributed by atoms with Crippen LogP contribution in [0.3, 0.4) is 0 Å². The number of carboxylic acid groups (broad SMARTS) is 1. The van der Waals surface area contributed by atoms with Gasteiger partial charge in [0.1, 0.15) is 12.4 Å². The third-order valence-electron chi connectivity index (χ3n) is 4.65. The first-order chi connectivity index (χ1) is 13.6. The van der Waals surface area contributed by atoms with E-state index in [0.29, 0.717) is 6.61 Å². The summed E-state index contributed by atoms with van der Waals surface area (Å²) in [5, 5.41) is 8.68. The molecule has 0 amide bonds. The first-order valence-electron chi connectivity index (χ1n) is 10.6. The van der Waals surface area contributed by atoms with Gasteiger partial charge in [0.15, 0.2) is 0 Å². The van der Waals surface area contributed by atoms with Crippen LogP contribution in [0.15, 0.2) is 48.2 Å². The van der Waals surface area contributed by atoms with E-state index in [2.05, 4.69) is 56.0 Å². The third kappa shape index (κ3) is 10.8. The van der Waals surface area contributed by atoms with Crippen molar-refractivity contribution in [2.75, 3.05) is 19.7 Å². The summed E-state index contributed by atoms with van der Waals surface area (Å²) in [6.07, 6.45) is 12.7. The fourth-order valence-electron chi connectivity index (χ4n) is 2.89. The van der Waals surface area contributed by atoms with Gasteiger partial charge in [-0.15, -0.1) is 0 Å². The van der Waals surface area contributed by atoms with Gasteiger partial charge in [-0.05, 0) is 62.8 Å². The monoisotopic (exact) mass is 387 g/mol. The molecule has 0 aliphatic carbocycles. The first-order valence-corrected chi connectivity index (χ1v) is 10.6. The maximum atomic E-state index is 10.5. The molecule has 0 bridgehead atoms. The van der Waals surface area contributed by atoms with Crippen LogP contribution in [-0.4, -0.2) is 35.7 Å². The Morgan fingerprint density at radius 3 is 2.50 bits per heavy atom. The molecule has 0 saturated carbocycles. The second-order valence-electron chi connectivity index (χ2n) is 7.08. The van der Waals surface area contributed by atoms with Crippen LogP contribution in [-0.2, 0) is 11.2 Å². The number of aryl methyl sites for hydroxylation is 1. The molecule has 156 valence electrons. The Labute approximate surface area is 170 Å². The number of aliphatic carboxylic acids is 1. The minimum Gasteiger partial charge on any atom is -0.492 e. The molecule has 0 aromatic heterocycles. The van der Waals surface area contributed by atoms with E-state index >= 15 is 0 Å². The van der Waals surface area contributed by atoms with Gasteiger partial charge in [0, 0.05) is 18.7 Å². The number of hydrogen-bond acceptors (Lipinski definition) is 3. The summed E-state index contributed by atoms with van der Waals surface area (Å²) in [6, 6.07) is 8.17. The highest BCUT2D eigenvalue weighted by Crippen LogP contribution is 2.15. The average molecular weight is 388 g/mol. The number of carboxylic acids is 1. The van der Waals surface area contributed by atoms with Gasteiger partial charge in [0.2, 0.25) is 0 Å². The molecule has 4 heteroatoms. The second-order valence-corrected chi connectivity index (χ2v) is 7.08. The second kappa shape index (κ2) is 14.8. The van der Waals surface area contributed by atoms with Crippen LogP contribution in [0, 0.1) is 0 Å². The summed E-state index contributed by atoms with van der Waals surface area (Å²) in [7, 11) is 0. The zero-order valence-electron chi connectivity index (χ0n) is 17.8. The normalized spacial score (nSPS) is 11.8. The number of benzene rings is 1. The Morgan fingerprint density at radius 1 is 1.11 bits per heavy atom. The molecule has 1 rings (SSSR count). The van der Waals surface area contributed by atoms with Crippen LogP contribution in [0.5, 0.6) is 5.75 Å². The molecule has 0 radical (unpaired) electrons. The van der Waals surface area contributed by atoms with Crippen molar-refractivity contribution in [3.63, 3.8) is 0 Å². The summed E-state index contributed by atoms with van der Waals surface area (Å²) in [4.78, 5) is 12.9. The number of ether oxygens (including phenoxy) is 1. The minimum atomic E-state index is -0.719. The fourth-order valence-corrected chi connectivity index (χ4v) is 2.89. The molecule has 0 unspecified atom stereocenters. The van der Waals surface area contributed by atoms with Crippen LogP contribution in [0.25, 0.3) is 0 Å². The Kier molecular flexibility index (Phi) is 12.6. The molecule has 0 spiro atoms. The SMILES string of the molecule is CC/C=C\C=C(/C)N(CCCC)CCOc1ccc(CCCCC(=O)O)cc1. The van der Waals surface area contributed by atoms with Crippen LogP contribution >= 0.6 is 0 Å². The van der Waals surface area contributed by atoms with E-state index < -0.39 is 5.97 Å². The van der Waals surface area contributed by atoms with Gasteiger partial charge in [-0.2, -0.15) is 0 Å². The number of allylic oxidation sites excluding steroid dienone is 4. The third-order valence-corrected chi connectivity index (χ3v) is 4.65. The van der Waals surface area contributed by atoms with Crippen molar-refractivity contribution >= 4 is 5.97 Å². The fraction of sp³-hybridized carbons (Fsp3) is 0.542. The van der Waals surface area contributed by atoms with Gasteiger partial charge in [-0.25, -0.2) is 0 Å². The van der Waals surface area contributed by atoms with Gasteiger partial charge in [0.25, 0.3) is 0 Å². The maximum Gasteiger partial charge on any atom is 0.303 e. The Balaban J connectivity index is 2.44. The number of rotatable bonds is 15. The van der Waals surface area contributed by atoms with Crippen molar-refractivity contribution in [1.29, 1.82) is 0 Å². The van der Waals surface area contributed by atoms with Crippen molar-refractivity contribution in [2.24, 2.45) is 0 Å². The van der Waals surface area contributed by atoms with Gasteiger partial charge in [0.05, 0.1) is 6.54 Å². The summed E-state index contributed by atoms with van der Waals surface area (Å²) < 4.78 is 5.94. The lowest BCUT2D eigenvalue weighted by Crippen LogP contribution is -2.28. The summed E-state index contributed by atoms with van der Waals surface area (Å²) in [5.41, 5.74) is 2.50. The standard InChI is InChI=1S/C24H37NO3/c1-4-6-8-11-21(3)25(18-7-5-2)19-20-28-23-16-14-22(15-17-23)12-9-10-13-24(26)27/h6,8,11,14-17H,4-5,7,9-10,12-13,18-20H2,1-3H3,(H,26,27)/b8-6-,21-11+. The van der Waals surface area contributed by atoms with E-state index in [0.717, 1.165) is 44.5 Å². The molecular formula is C24H37NO3. The van der Waals surface area contributed by atoms with E-state index in [1.54, 1.807) is 0 Å². The summed E-state index contributed by atoms with van der Waals surface area (Å²) in [6.45, 7) is 9.10. The predicted octanol–water partition coefficient (Wildman–Crippen LogP) is 5.83. The van der Waals surface area contributed by atoms with E-state index in [4.69, 9.17) is 9.84 Å². The lowest BCUT2D eigenvalue weighted by molar-refractivity contribution is -0.137. The number of carbonyl (C=O) groups is 1. The van der Waals surface area contributed by atoms with Gasteiger partial charge >= 0.3 is 5.97 Å². The van der Waals surface area contributed by atoms with Crippen LogP contribution in [0.4, 0.5) is 0 Å².